The Labute approximate surface area is 76.9 Å². The maximum Gasteiger partial charge on any atom is 0.233 e. The zero-order valence-electron chi connectivity index (χ0n) is 7.67. The van der Waals surface area contributed by atoms with Crippen LogP contribution in [0.5, 0.6) is 0 Å². The Kier molecular flexibility index (Phi) is 1.14. The number of nitrogens with one attached hydrogen (secondary N) is 1. The fourth-order valence-electron chi connectivity index (χ4n) is 3.74. The molecule has 1 aliphatic heterocycles. The third kappa shape index (κ3) is 0.640. The molecule has 0 unspecified atom stereocenters. The number of hydrogen-bond donors (Lipinski definition) is 1. The SMILES string of the molecule is C[C@]12C(=O)NC(=O)[C@@H]1[C@H]1CC[C@H]2C1. The third-order valence-corrected chi connectivity index (χ3v) is 4.45. The summed E-state index contributed by atoms with van der Waals surface area (Å²) < 4.78 is 0. The van der Waals surface area contributed by atoms with Gasteiger partial charge in [0.05, 0.1) is 11.3 Å². The smallest absolute Gasteiger partial charge is 0.233 e. The Morgan fingerprint density at radius 2 is 2.15 bits per heavy atom. The average Bonchev–Trinajstić information content (AvgIpc) is 2.66. The molecule has 0 aromatic heterocycles. The predicted molar refractivity (Wildman–Crippen MR) is 45.6 cm³/mol. The second-order valence-corrected chi connectivity index (χ2v) is 4.85. The highest BCUT2D eigenvalue weighted by atomic mass is 16.2. The van der Waals surface area contributed by atoms with Gasteiger partial charge in [0.1, 0.15) is 0 Å². The molecule has 1 saturated heterocycles. The van der Waals surface area contributed by atoms with E-state index in [1.807, 2.05) is 6.92 Å². The second kappa shape index (κ2) is 1.97. The molecule has 3 rings (SSSR count). The number of amides is 2. The van der Waals surface area contributed by atoms with Crippen LogP contribution in [0.2, 0.25) is 0 Å². The highest BCUT2D eigenvalue weighted by Gasteiger charge is 2.65. The van der Waals surface area contributed by atoms with E-state index in [9.17, 15) is 9.59 Å². The van der Waals surface area contributed by atoms with Gasteiger partial charge in [0.15, 0.2) is 0 Å². The van der Waals surface area contributed by atoms with Crippen LogP contribution < -0.4 is 5.32 Å². The molecule has 0 aromatic carbocycles. The van der Waals surface area contributed by atoms with Crippen molar-refractivity contribution in [3.05, 3.63) is 0 Å². The van der Waals surface area contributed by atoms with Gasteiger partial charge in [-0.3, -0.25) is 14.9 Å². The highest BCUT2D eigenvalue weighted by Crippen LogP contribution is 2.61. The van der Waals surface area contributed by atoms with Gasteiger partial charge >= 0.3 is 0 Å². The number of carbonyl (C=O) groups is 2. The molecule has 70 valence electrons. The summed E-state index contributed by atoms with van der Waals surface area (Å²) >= 11 is 0. The van der Waals surface area contributed by atoms with Crippen molar-refractivity contribution in [3.63, 3.8) is 0 Å². The molecule has 2 aliphatic carbocycles. The zero-order valence-corrected chi connectivity index (χ0v) is 7.67. The number of rotatable bonds is 0. The molecule has 0 aromatic rings. The number of carbonyl (C=O) groups excluding carboxylic acids is 2. The molecule has 4 atom stereocenters. The lowest BCUT2D eigenvalue weighted by molar-refractivity contribution is -0.130. The molecule has 3 aliphatic rings. The van der Waals surface area contributed by atoms with Crippen molar-refractivity contribution in [2.75, 3.05) is 0 Å². The van der Waals surface area contributed by atoms with Crippen LogP contribution >= 0.6 is 0 Å². The molecule has 0 radical (unpaired) electrons. The summed E-state index contributed by atoms with van der Waals surface area (Å²) in [4.78, 5) is 23.2. The summed E-state index contributed by atoms with van der Waals surface area (Å²) in [7, 11) is 0. The topological polar surface area (TPSA) is 46.2 Å². The van der Waals surface area contributed by atoms with E-state index in [-0.39, 0.29) is 23.1 Å². The summed E-state index contributed by atoms with van der Waals surface area (Å²) in [6.45, 7) is 1.97. The number of fused-ring (bicyclic) bond motifs is 5. The first-order valence-electron chi connectivity index (χ1n) is 4.99. The van der Waals surface area contributed by atoms with E-state index < -0.39 is 0 Å². The lowest BCUT2D eigenvalue weighted by Gasteiger charge is -2.30. The van der Waals surface area contributed by atoms with Crippen molar-refractivity contribution < 1.29 is 9.59 Å². The van der Waals surface area contributed by atoms with Gasteiger partial charge < -0.3 is 0 Å². The summed E-state index contributed by atoms with van der Waals surface area (Å²) in [5, 5.41) is 2.48. The van der Waals surface area contributed by atoms with E-state index >= 15 is 0 Å². The van der Waals surface area contributed by atoms with Crippen molar-refractivity contribution in [3.8, 4) is 0 Å². The number of imide groups is 1. The monoisotopic (exact) mass is 179 g/mol. The molecule has 3 fully saturated rings. The third-order valence-electron chi connectivity index (χ3n) is 4.45. The molecule has 1 N–H and O–H groups in total. The average molecular weight is 179 g/mol. The molecule has 2 bridgehead atoms. The Hall–Kier alpha value is -0.860. The van der Waals surface area contributed by atoms with Crippen LogP contribution in [0, 0.1) is 23.2 Å². The van der Waals surface area contributed by atoms with Crippen LogP contribution in [0.3, 0.4) is 0 Å². The maximum atomic E-state index is 11.6. The molecule has 1 heterocycles. The first-order chi connectivity index (χ1) is 6.14. The summed E-state index contributed by atoms with van der Waals surface area (Å²) in [6, 6.07) is 0. The van der Waals surface area contributed by atoms with E-state index in [0.29, 0.717) is 11.8 Å². The lowest BCUT2D eigenvalue weighted by atomic mass is 9.69. The van der Waals surface area contributed by atoms with Crippen molar-refractivity contribution in [1.29, 1.82) is 0 Å². The normalized spacial score (nSPS) is 52.5. The Balaban J connectivity index is 2.12. The molecule has 3 nitrogen and oxygen atoms in total. The quantitative estimate of drug-likeness (QED) is 0.556. The van der Waals surface area contributed by atoms with Gasteiger partial charge in [0.25, 0.3) is 0 Å². The molecule has 0 spiro atoms. The zero-order chi connectivity index (χ0) is 9.22. The van der Waals surface area contributed by atoms with E-state index in [0.717, 1.165) is 19.3 Å². The minimum Gasteiger partial charge on any atom is -0.296 e. The minimum absolute atomic E-state index is 0.00116. The van der Waals surface area contributed by atoms with Crippen LogP contribution in [0.1, 0.15) is 26.2 Å². The second-order valence-electron chi connectivity index (χ2n) is 4.85. The molecule has 2 saturated carbocycles. The molecule has 2 amide bonds. The van der Waals surface area contributed by atoms with E-state index in [1.54, 1.807) is 0 Å². The first kappa shape index (κ1) is 7.54. The molecular weight excluding hydrogens is 166 g/mol. The van der Waals surface area contributed by atoms with Gasteiger partial charge in [-0.25, -0.2) is 0 Å². The van der Waals surface area contributed by atoms with Crippen LogP contribution in [0.25, 0.3) is 0 Å². The van der Waals surface area contributed by atoms with Crippen LogP contribution in [-0.4, -0.2) is 11.8 Å². The summed E-state index contributed by atoms with van der Waals surface area (Å²) in [5.74, 6) is 0.920. The fourth-order valence-corrected chi connectivity index (χ4v) is 3.74. The van der Waals surface area contributed by atoms with Gasteiger partial charge in [-0.05, 0) is 38.0 Å². The highest BCUT2D eigenvalue weighted by molar-refractivity contribution is 6.08. The summed E-state index contributed by atoms with van der Waals surface area (Å²) in [6.07, 6.45) is 3.38. The van der Waals surface area contributed by atoms with Crippen LogP contribution in [0.4, 0.5) is 0 Å². The number of hydrogen-bond acceptors (Lipinski definition) is 2. The predicted octanol–water partition coefficient (Wildman–Crippen LogP) is 0.695. The Bertz CT molecular complexity index is 312. The fraction of sp³-hybridized carbons (Fsp3) is 0.800. The van der Waals surface area contributed by atoms with Gasteiger partial charge in [-0.15, -0.1) is 0 Å². The molecule has 3 heteroatoms. The molecular formula is C10H13NO2. The first-order valence-corrected chi connectivity index (χ1v) is 4.99. The van der Waals surface area contributed by atoms with Gasteiger partial charge in [0, 0.05) is 0 Å². The van der Waals surface area contributed by atoms with E-state index in [2.05, 4.69) is 5.32 Å². The van der Waals surface area contributed by atoms with Crippen molar-refractivity contribution in [2.45, 2.75) is 26.2 Å². The van der Waals surface area contributed by atoms with E-state index in [1.165, 1.54) is 0 Å². The molecule has 13 heavy (non-hydrogen) atoms. The Morgan fingerprint density at radius 3 is 2.85 bits per heavy atom. The standard InChI is InChI=1S/C10H13NO2/c1-10-6-3-2-5(4-6)7(10)8(12)11-9(10)13/h5-7H,2-4H2,1H3,(H,11,12,13)/t5-,6-,7-,10+/m0/s1. The van der Waals surface area contributed by atoms with Gasteiger partial charge in [0.2, 0.25) is 11.8 Å². The summed E-state index contributed by atoms with van der Waals surface area (Å²) in [5.41, 5.74) is -0.347. The Morgan fingerprint density at radius 1 is 1.38 bits per heavy atom. The van der Waals surface area contributed by atoms with Crippen molar-refractivity contribution in [2.24, 2.45) is 23.2 Å². The van der Waals surface area contributed by atoms with Crippen LogP contribution in [0.15, 0.2) is 0 Å². The van der Waals surface area contributed by atoms with Crippen molar-refractivity contribution in [1.82, 2.24) is 5.32 Å². The van der Waals surface area contributed by atoms with Gasteiger partial charge in [-0.2, -0.15) is 0 Å². The minimum atomic E-state index is -0.347. The lowest BCUT2D eigenvalue weighted by Crippen LogP contribution is -2.37. The van der Waals surface area contributed by atoms with E-state index in [4.69, 9.17) is 0 Å². The van der Waals surface area contributed by atoms with Crippen LogP contribution in [-0.2, 0) is 9.59 Å². The van der Waals surface area contributed by atoms with Crippen molar-refractivity contribution >= 4 is 11.8 Å². The largest absolute Gasteiger partial charge is 0.296 e. The maximum absolute atomic E-state index is 11.6. The van der Waals surface area contributed by atoms with Gasteiger partial charge in [-0.1, -0.05) is 0 Å².